The first-order valence-corrected chi connectivity index (χ1v) is 19.2. The summed E-state index contributed by atoms with van der Waals surface area (Å²) in [6.07, 6.45) is 0.151. The second-order valence-electron chi connectivity index (χ2n) is 13.2. The van der Waals surface area contributed by atoms with Gasteiger partial charge < -0.3 is 18.3 Å². The highest BCUT2D eigenvalue weighted by Gasteiger charge is 2.70. The van der Waals surface area contributed by atoms with Gasteiger partial charge in [0, 0.05) is 13.0 Å². The van der Waals surface area contributed by atoms with Crippen molar-refractivity contribution in [2.75, 3.05) is 0 Å². The van der Waals surface area contributed by atoms with Gasteiger partial charge in [0.25, 0.3) is 0 Å². The first kappa shape index (κ1) is 34.4. The lowest BCUT2D eigenvalue weighted by molar-refractivity contribution is -0.289. The van der Waals surface area contributed by atoms with E-state index in [4.69, 9.17) is 27.8 Å². The van der Waals surface area contributed by atoms with Crippen LogP contribution >= 0.6 is 0 Å². The minimum absolute atomic E-state index is 0.00868. The molecule has 2 heterocycles. The van der Waals surface area contributed by atoms with Gasteiger partial charge in [-0.05, 0) is 48.9 Å². The molecule has 2 fully saturated rings. The molecule has 0 bridgehead atoms. The fourth-order valence-electron chi connectivity index (χ4n) is 7.16. The smallest absolute Gasteiger partial charge is 0.355 e. The molecular weight excluding hydrogens is 621 g/mol. The highest BCUT2D eigenvalue weighted by molar-refractivity contribution is 6.59. The van der Waals surface area contributed by atoms with E-state index in [0.717, 1.165) is 28.7 Å². The zero-order valence-electron chi connectivity index (χ0n) is 28.5. The Morgan fingerprint density at radius 1 is 0.667 bits per heavy atom. The van der Waals surface area contributed by atoms with Crippen molar-refractivity contribution in [2.45, 2.75) is 95.2 Å². The summed E-state index contributed by atoms with van der Waals surface area (Å²) in [5, 5.41) is 0. The predicted molar refractivity (Wildman–Crippen MR) is 186 cm³/mol. The van der Waals surface area contributed by atoms with Crippen LogP contribution in [0.3, 0.4) is 0 Å². The Hall–Kier alpha value is -3.47. The molecule has 0 aliphatic carbocycles. The molecular formula is C40H46O7Si. The fourth-order valence-corrected chi connectivity index (χ4v) is 9.43. The SMILES string of the molecule is CCCC(=O)[C@@H](CCC)OO[Si]1(C)OC(c2ccccc2)(c2ccccc2)[C@@H]2OC(C)(C)O[C@H]2C(c2ccccc2)(c2ccccc2)O1. The number of fused-ring (bicyclic) bond motifs is 1. The van der Waals surface area contributed by atoms with Crippen LogP contribution in [0.4, 0.5) is 0 Å². The minimum atomic E-state index is -4.00. The maximum Gasteiger partial charge on any atom is 0.528 e. The van der Waals surface area contributed by atoms with Crippen LogP contribution in [0.1, 0.15) is 75.6 Å². The Balaban J connectivity index is 1.64. The second-order valence-corrected chi connectivity index (χ2v) is 15.5. The molecule has 252 valence electrons. The van der Waals surface area contributed by atoms with E-state index >= 15 is 0 Å². The fraction of sp³-hybridized carbons (Fsp3) is 0.375. The standard InChI is InChI=1S/C40H46O7Si/c1-6-20-34(41)35(21-7-2)44-47-48(5)45-39(30-22-12-8-13-23-30,31-24-14-9-15-25-31)36-37(43-38(3,4)42-36)40(46-48,32-26-16-10-17-27-32)33-28-18-11-19-29-33/h8-19,22-29,35-37H,6-7,20-21H2,1-5H3/t35-,36-,37-/m1/s1. The quantitative estimate of drug-likeness (QED) is 0.0853. The Kier molecular flexibility index (Phi) is 10.2. The number of ether oxygens (including phenoxy) is 2. The Labute approximate surface area is 285 Å². The lowest BCUT2D eigenvalue weighted by atomic mass is 9.72. The number of rotatable bonds is 12. The van der Waals surface area contributed by atoms with Crippen molar-refractivity contribution in [3.8, 4) is 0 Å². The molecule has 0 amide bonds. The summed E-state index contributed by atoms with van der Waals surface area (Å²) >= 11 is 0. The van der Waals surface area contributed by atoms with Crippen LogP contribution in [0.25, 0.3) is 0 Å². The van der Waals surface area contributed by atoms with Gasteiger partial charge in [0.15, 0.2) is 11.6 Å². The molecule has 4 aromatic carbocycles. The summed E-state index contributed by atoms with van der Waals surface area (Å²) in [4.78, 5) is 19.4. The summed E-state index contributed by atoms with van der Waals surface area (Å²) in [6, 6.07) is 40.1. The van der Waals surface area contributed by atoms with Gasteiger partial charge in [-0.3, -0.25) is 4.79 Å². The number of benzene rings is 4. The van der Waals surface area contributed by atoms with Crippen molar-refractivity contribution in [1.29, 1.82) is 0 Å². The van der Waals surface area contributed by atoms with Crippen molar-refractivity contribution in [3.63, 3.8) is 0 Å². The van der Waals surface area contributed by atoms with Crippen LogP contribution in [0.15, 0.2) is 121 Å². The van der Waals surface area contributed by atoms with Crippen LogP contribution in [-0.4, -0.2) is 38.7 Å². The van der Waals surface area contributed by atoms with E-state index in [9.17, 15) is 4.79 Å². The highest BCUT2D eigenvalue weighted by atomic mass is 28.4. The largest absolute Gasteiger partial charge is 0.528 e. The van der Waals surface area contributed by atoms with Crippen molar-refractivity contribution in [3.05, 3.63) is 144 Å². The van der Waals surface area contributed by atoms with Gasteiger partial charge in [0.2, 0.25) is 0 Å². The first-order chi connectivity index (χ1) is 23.2. The first-order valence-electron chi connectivity index (χ1n) is 17.0. The van der Waals surface area contributed by atoms with E-state index in [2.05, 4.69) is 0 Å². The lowest BCUT2D eigenvalue weighted by Gasteiger charge is -2.42. The van der Waals surface area contributed by atoms with Gasteiger partial charge in [-0.25, -0.2) is 9.46 Å². The Bertz CT molecular complexity index is 1450. The molecule has 0 radical (unpaired) electrons. The molecule has 0 aromatic heterocycles. The van der Waals surface area contributed by atoms with E-state index in [-0.39, 0.29) is 5.78 Å². The zero-order chi connectivity index (χ0) is 33.8. The summed E-state index contributed by atoms with van der Waals surface area (Å²) in [6.45, 7) is 9.70. The number of carbonyl (C=O) groups excluding carboxylic acids is 1. The van der Waals surface area contributed by atoms with Gasteiger partial charge in [-0.2, -0.15) is 0 Å². The third-order valence-corrected chi connectivity index (χ3v) is 10.9. The monoisotopic (exact) mass is 666 g/mol. The normalized spacial score (nSPS) is 22.7. The topological polar surface area (TPSA) is 72.5 Å². The van der Waals surface area contributed by atoms with E-state index < -0.39 is 44.1 Å². The highest BCUT2D eigenvalue weighted by Crippen LogP contribution is 2.57. The van der Waals surface area contributed by atoms with Crippen molar-refractivity contribution < 1.29 is 32.6 Å². The van der Waals surface area contributed by atoms with Gasteiger partial charge in [0.1, 0.15) is 29.5 Å². The minimum Gasteiger partial charge on any atom is -0.355 e. The molecule has 2 aliphatic rings. The summed E-state index contributed by atoms with van der Waals surface area (Å²) in [5.41, 5.74) is 0.851. The number of carbonyl (C=O) groups is 1. The van der Waals surface area contributed by atoms with Gasteiger partial charge in [-0.15, -0.1) is 0 Å². The van der Waals surface area contributed by atoms with E-state index in [1.54, 1.807) is 0 Å². The number of ketones is 1. The van der Waals surface area contributed by atoms with Gasteiger partial charge in [0.05, 0.1) is 0 Å². The van der Waals surface area contributed by atoms with E-state index in [1.807, 2.05) is 156 Å². The predicted octanol–water partition coefficient (Wildman–Crippen LogP) is 8.50. The summed E-state index contributed by atoms with van der Waals surface area (Å²) < 4.78 is 35.5. The average molecular weight is 667 g/mol. The molecule has 2 saturated heterocycles. The molecule has 0 N–H and O–H groups in total. The van der Waals surface area contributed by atoms with Gasteiger partial charge >= 0.3 is 8.80 Å². The molecule has 3 atom stereocenters. The van der Waals surface area contributed by atoms with Crippen LogP contribution < -0.4 is 0 Å². The molecule has 8 heteroatoms. The molecule has 0 unspecified atom stereocenters. The Morgan fingerprint density at radius 3 is 1.38 bits per heavy atom. The van der Waals surface area contributed by atoms with Crippen LogP contribution in [-0.2, 0) is 43.8 Å². The lowest BCUT2D eigenvalue weighted by Crippen LogP contribution is -2.54. The third kappa shape index (κ3) is 6.46. The average Bonchev–Trinajstić information content (AvgIpc) is 3.41. The van der Waals surface area contributed by atoms with Crippen molar-refractivity contribution in [1.82, 2.24) is 0 Å². The van der Waals surface area contributed by atoms with Gasteiger partial charge in [-0.1, -0.05) is 142 Å². The molecule has 4 aromatic rings. The molecule has 0 saturated carbocycles. The number of Topliss-reactive ketones (excluding diaryl/α,β-unsaturated/α-hetero) is 1. The third-order valence-electron chi connectivity index (χ3n) is 9.12. The molecule has 0 spiro atoms. The van der Waals surface area contributed by atoms with Crippen molar-refractivity contribution in [2.24, 2.45) is 0 Å². The van der Waals surface area contributed by atoms with E-state index in [0.29, 0.717) is 19.3 Å². The van der Waals surface area contributed by atoms with Crippen LogP contribution in [0.5, 0.6) is 0 Å². The molecule has 6 rings (SSSR count). The summed E-state index contributed by atoms with van der Waals surface area (Å²) in [7, 11) is -4.00. The van der Waals surface area contributed by atoms with E-state index in [1.165, 1.54) is 0 Å². The second kappa shape index (κ2) is 14.2. The maximum atomic E-state index is 13.2. The molecule has 2 aliphatic heterocycles. The molecule has 48 heavy (non-hydrogen) atoms. The zero-order valence-corrected chi connectivity index (χ0v) is 29.5. The number of hydrogen-bond acceptors (Lipinski definition) is 7. The Morgan fingerprint density at radius 2 is 1.04 bits per heavy atom. The molecule has 7 nitrogen and oxygen atoms in total. The summed E-state index contributed by atoms with van der Waals surface area (Å²) in [5.74, 6) is -1.01. The van der Waals surface area contributed by atoms with Crippen LogP contribution in [0, 0.1) is 0 Å². The van der Waals surface area contributed by atoms with Crippen LogP contribution in [0.2, 0.25) is 6.55 Å². The van der Waals surface area contributed by atoms with Crippen molar-refractivity contribution >= 4 is 14.6 Å². The maximum absolute atomic E-state index is 13.2. The number of hydrogen-bond donors (Lipinski definition) is 0.